The van der Waals surface area contributed by atoms with E-state index in [1.54, 1.807) is 54.6 Å². The lowest BCUT2D eigenvalue weighted by Gasteiger charge is -2.11. The minimum Gasteiger partial charge on any atom is -0.454 e. The highest BCUT2D eigenvalue weighted by atomic mass is 35.5. The number of ether oxygens (including phenoxy) is 1. The van der Waals surface area contributed by atoms with Crippen LogP contribution in [-0.2, 0) is 4.74 Å². The number of halogens is 4. The molecule has 0 bridgehead atoms. The fourth-order valence-electron chi connectivity index (χ4n) is 3.15. The van der Waals surface area contributed by atoms with Gasteiger partial charge in [-0.05, 0) is 42.5 Å². The molecule has 0 N–H and O–H groups in total. The van der Waals surface area contributed by atoms with Crippen molar-refractivity contribution in [3.63, 3.8) is 0 Å². The number of Topliss-reactive ketones (excluding diaryl/α,β-unsaturated/α-hetero) is 1. The smallest absolute Gasteiger partial charge is 0.339 e. The maximum absolute atomic E-state index is 13.0. The average Bonchev–Trinajstić information content (AvgIpc) is 2.77. The Morgan fingerprint density at radius 2 is 1.50 bits per heavy atom. The number of pyridine rings is 1. The first kappa shape index (κ1) is 22.6. The highest BCUT2D eigenvalue weighted by Crippen LogP contribution is 2.30. The molecule has 4 nitrogen and oxygen atoms in total. The number of para-hydroxylation sites is 1. The monoisotopic (exact) mass is 503 g/mol. The topological polar surface area (TPSA) is 56.3 Å². The van der Waals surface area contributed by atoms with Crippen LogP contribution in [0.3, 0.4) is 0 Å². The molecule has 0 saturated heterocycles. The average molecular weight is 505 g/mol. The van der Waals surface area contributed by atoms with Gasteiger partial charge in [-0.1, -0.05) is 70.7 Å². The Labute approximate surface area is 203 Å². The van der Waals surface area contributed by atoms with Gasteiger partial charge >= 0.3 is 5.97 Å². The molecule has 1 aromatic heterocycles. The first-order valence-corrected chi connectivity index (χ1v) is 10.9. The Bertz CT molecular complexity index is 1350. The van der Waals surface area contributed by atoms with Crippen LogP contribution in [0.25, 0.3) is 22.2 Å². The first-order valence-electron chi connectivity index (χ1n) is 9.34. The molecule has 0 aliphatic carbocycles. The molecule has 0 aliphatic rings. The van der Waals surface area contributed by atoms with Crippen LogP contribution in [0.1, 0.15) is 20.7 Å². The molecule has 1 heterocycles. The first-order chi connectivity index (χ1) is 15.3. The number of rotatable bonds is 5. The molecule has 4 aromatic rings. The second kappa shape index (κ2) is 9.47. The summed E-state index contributed by atoms with van der Waals surface area (Å²) in [6.07, 6.45) is 0. The number of esters is 1. The standard InChI is InChI=1S/C24H13Cl4NO3/c25-14-6-4-13(5-7-14)21-11-18(16-2-1-3-19(27)23(16)29-21)24(31)32-12-22(30)17-9-8-15(26)10-20(17)28/h1-11H,12H2. The van der Waals surface area contributed by atoms with Crippen LogP contribution in [0.5, 0.6) is 0 Å². The van der Waals surface area contributed by atoms with E-state index in [9.17, 15) is 9.59 Å². The Kier molecular flexibility index (Phi) is 6.68. The minimum absolute atomic E-state index is 0.185. The highest BCUT2D eigenvalue weighted by molar-refractivity contribution is 6.37. The zero-order chi connectivity index (χ0) is 22.8. The maximum atomic E-state index is 13.0. The van der Waals surface area contributed by atoms with E-state index in [4.69, 9.17) is 51.1 Å². The van der Waals surface area contributed by atoms with Gasteiger partial charge in [-0.25, -0.2) is 9.78 Å². The molecule has 0 aliphatic heterocycles. The zero-order valence-corrected chi connectivity index (χ0v) is 19.3. The molecule has 4 rings (SSSR count). The molecule has 0 saturated carbocycles. The third kappa shape index (κ3) is 4.74. The van der Waals surface area contributed by atoms with Gasteiger partial charge in [-0.15, -0.1) is 0 Å². The van der Waals surface area contributed by atoms with Gasteiger partial charge in [0.25, 0.3) is 0 Å². The predicted molar refractivity (Wildman–Crippen MR) is 128 cm³/mol. The summed E-state index contributed by atoms with van der Waals surface area (Å²) in [5.74, 6) is -1.14. The van der Waals surface area contributed by atoms with Crippen molar-refractivity contribution in [2.24, 2.45) is 0 Å². The van der Waals surface area contributed by atoms with Crippen molar-refractivity contribution in [1.82, 2.24) is 4.98 Å². The van der Waals surface area contributed by atoms with Crippen LogP contribution in [-0.4, -0.2) is 23.3 Å². The molecule has 0 fully saturated rings. The van der Waals surface area contributed by atoms with E-state index in [-0.39, 0.29) is 16.1 Å². The summed E-state index contributed by atoms with van der Waals surface area (Å²) in [6.45, 7) is -0.485. The van der Waals surface area contributed by atoms with Gasteiger partial charge in [0.2, 0.25) is 5.78 Å². The number of carbonyl (C=O) groups excluding carboxylic acids is 2. The van der Waals surface area contributed by atoms with Crippen molar-refractivity contribution < 1.29 is 14.3 Å². The number of hydrogen-bond donors (Lipinski definition) is 0. The number of hydrogen-bond acceptors (Lipinski definition) is 4. The number of carbonyl (C=O) groups is 2. The van der Waals surface area contributed by atoms with E-state index in [0.717, 1.165) is 5.56 Å². The SMILES string of the molecule is O=C(COC(=O)c1cc(-c2ccc(Cl)cc2)nc2c(Cl)cccc12)c1ccc(Cl)cc1Cl. The molecular formula is C24H13Cl4NO3. The van der Waals surface area contributed by atoms with Crippen LogP contribution >= 0.6 is 46.4 Å². The van der Waals surface area contributed by atoms with Gasteiger partial charge in [0.1, 0.15) is 0 Å². The maximum Gasteiger partial charge on any atom is 0.339 e. The van der Waals surface area contributed by atoms with Crippen LogP contribution in [0.4, 0.5) is 0 Å². The summed E-state index contributed by atoms with van der Waals surface area (Å²) in [4.78, 5) is 30.1. The highest BCUT2D eigenvalue weighted by Gasteiger charge is 2.19. The number of fused-ring (bicyclic) bond motifs is 1. The molecule has 160 valence electrons. The third-order valence-corrected chi connectivity index (χ3v) is 5.82. The van der Waals surface area contributed by atoms with E-state index in [0.29, 0.717) is 31.7 Å². The quantitative estimate of drug-likeness (QED) is 0.208. The lowest BCUT2D eigenvalue weighted by atomic mass is 10.0. The van der Waals surface area contributed by atoms with Crippen LogP contribution < -0.4 is 0 Å². The lowest BCUT2D eigenvalue weighted by molar-refractivity contribution is 0.0476. The van der Waals surface area contributed by atoms with Crippen molar-refractivity contribution in [2.75, 3.05) is 6.61 Å². The summed E-state index contributed by atoms with van der Waals surface area (Å²) in [6, 6.07) is 18.2. The van der Waals surface area contributed by atoms with Gasteiger partial charge in [0, 0.05) is 26.6 Å². The number of ketones is 1. The minimum atomic E-state index is -0.687. The zero-order valence-electron chi connectivity index (χ0n) is 16.2. The lowest BCUT2D eigenvalue weighted by Crippen LogP contribution is -2.15. The summed E-state index contributed by atoms with van der Waals surface area (Å²) in [5, 5.41) is 2.06. The second-order valence-electron chi connectivity index (χ2n) is 6.82. The molecule has 0 unspecified atom stereocenters. The number of benzene rings is 3. The van der Waals surface area contributed by atoms with Crippen LogP contribution in [0.15, 0.2) is 66.7 Å². The largest absolute Gasteiger partial charge is 0.454 e. The molecule has 8 heteroatoms. The predicted octanol–water partition coefficient (Wildman–Crippen LogP) is 7.56. The van der Waals surface area contributed by atoms with Crippen molar-refractivity contribution >= 4 is 69.1 Å². The van der Waals surface area contributed by atoms with Gasteiger partial charge in [-0.3, -0.25) is 4.79 Å². The molecule has 3 aromatic carbocycles. The van der Waals surface area contributed by atoms with Gasteiger partial charge < -0.3 is 4.74 Å². The van der Waals surface area contributed by atoms with Gasteiger partial charge in [0.05, 0.1) is 26.8 Å². The van der Waals surface area contributed by atoms with Crippen LogP contribution in [0, 0.1) is 0 Å². The molecule has 0 amide bonds. The van der Waals surface area contributed by atoms with Gasteiger partial charge in [-0.2, -0.15) is 0 Å². The van der Waals surface area contributed by atoms with Crippen molar-refractivity contribution in [3.05, 3.63) is 97.9 Å². The van der Waals surface area contributed by atoms with E-state index >= 15 is 0 Å². The normalized spacial score (nSPS) is 10.9. The third-order valence-electron chi connectivity index (χ3n) is 4.72. The summed E-state index contributed by atoms with van der Waals surface area (Å²) in [5.41, 5.74) is 2.15. The molecule has 0 spiro atoms. The molecule has 32 heavy (non-hydrogen) atoms. The van der Waals surface area contributed by atoms with Crippen molar-refractivity contribution in [3.8, 4) is 11.3 Å². The van der Waals surface area contributed by atoms with Crippen molar-refractivity contribution in [1.29, 1.82) is 0 Å². The van der Waals surface area contributed by atoms with E-state index < -0.39 is 18.4 Å². The van der Waals surface area contributed by atoms with E-state index in [2.05, 4.69) is 4.98 Å². The second-order valence-corrected chi connectivity index (χ2v) is 8.51. The Morgan fingerprint density at radius 1 is 0.781 bits per heavy atom. The fourth-order valence-corrected chi connectivity index (χ4v) is 4.01. The molecular weight excluding hydrogens is 492 g/mol. The Balaban J connectivity index is 1.67. The fraction of sp³-hybridized carbons (Fsp3) is 0.0417. The van der Waals surface area contributed by atoms with Gasteiger partial charge in [0.15, 0.2) is 6.61 Å². The Hall–Kier alpha value is -2.63. The number of aromatic nitrogens is 1. The van der Waals surface area contributed by atoms with Crippen molar-refractivity contribution in [2.45, 2.75) is 0 Å². The molecule has 0 radical (unpaired) electrons. The number of nitrogens with zero attached hydrogens (tertiary/aromatic N) is 1. The van der Waals surface area contributed by atoms with E-state index in [1.807, 2.05) is 0 Å². The summed E-state index contributed by atoms with van der Waals surface area (Å²) in [7, 11) is 0. The Morgan fingerprint density at radius 3 is 2.22 bits per heavy atom. The molecule has 0 atom stereocenters. The summed E-state index contributed by atoms with van der Waals surface area (Å²) < 4.78 is 5.32. The summed E-state index contributed by atoms with van der Waals surface area (Å²) >= 11 is 24.3. The van der Waals surface area contributed by atoms with Crippen LogP contribution in [0.2, 0.25) is 20.1 Å². The van der Waals surface area contributed by atoms with E-state index in [1.165, 1.54) is 12.1 Å².